The highest BCUT2D eigenvalue weighted by Gasteiger charge is 2.23. The first-order chi connectivity index (χ1) is 12.5. The summed E-state index contributed by atoms with van der Waals surface area (Å²) in [6, 6.07) is 14.1. The number of anilines is 2. The fourth-order valence-corrected chi connectivity index (χ4v) is 3.50. The maximum Gasteiger partial charge on any atom is 0.228 e. The van der Waals surface area contributed by atoms with Crippen molar-refractivity contribution in [2.24, 2.45) is 0 Å². The molecule has 3 rings (SSSR count). The zero-order valence-electron chi connectivity index (χ0n) is 15.8. The molecule has 0 saturated heterocycles. The van der Waals surface area contributed by atoms with Gasteiger partial charge in [0.25, 0.3) is 0 Å². The topological polar surface area (TPSA) is 40.6 Å². The number of benzene rings is 2. The van der Waals surface area contributed by atoms with Gasteiger partial charge in [-0.15, -0.1) is 0 Å². The van der Waals surface area contributed by atoms with Crippen LogP contribution in [0.5, 0.6) is 0 Å². The van der Waals surface area contributed by atoms with Crippen LogP contribution in [0.2, 0.25) is 0 Å². The maximum absolute atomic E-state index is 12.8. The number of rotatable bonds is 4. The Morgan fingerprint density at radius 2 is 1.85 bits per heavy atom. The van der Waals surface area contributed by atoms with Crippen molar-refractivity contribution >= 4 is 23.2 Å². The van der Waals surface area contributed by atoms with E-state index in [1.165, 1.54) is 11.1 Å². The van der Waals surface area contributed by atoms with Gasteiger partial charge in [-0.1, -0.05) is 24.3 Å². The minimum Gasteiger partial charge on any atom is -0.312 e. The van der Waals surface area contributed by atoms with Crippen molar-refractivity contribution in [2.45, 2.75) is 40.0 Å². The van der Waals surface area contributed by atoms with Gasteiger partial charge in [-0.2, -0.15) is 0 Å². The summed E-state index contributed by atoms with van der Waals surface area (Å²) >= 11 is 0. The van der Waals surface area contributed by atoms with Gasteiger partial charge >= 0.3 is 0 Å². The van der Waals surface area contributed by atoms with E-state index in [1.807, 2.05) is 48.2 Å². The molecular weight excluding hydrogens is 324 g/mol. The number of hydrogen-bond acceptors (Lipinski definition) is 2. The van der Waals surface area contributed by atoms with Crippen molar-refractivity contribution in [2.75, 3.05) is 22.9 Å². The van der Waals surface area contributed by atoms with E-state index < -0.39 is 0 Å². The quantitative estimate of drug-likeness (QED) is 0.835. The van der Waals surface area contributed by atoms with Crippen LogP contribution in [0.1, 0.15) is 36.5 Å². The molecule has 0 unspecified atom stereocenters. The predicted molar refractivity (Wildman–Crippen MR) is 106 cm³/mol. The molecule has 2 aromatic carbocycles. The Kier molecular flexibility index (Phi) is 5.40. The lowest BCUT2D eigenvalue weighted by molar-refractivity contribution is -0.118. The second-order valence-electron chi connectivity index (χ2n) is 6.97. The van der Waals surface area contributed by atoms with Gasteiger partial charge < -0.3 is 9.80 Å². The largest absolute Gasteiger partial charge is 0.312 e. The molecule has 0 fully saturated rings. The fourth-order valence-electron chi connectivity index (χ4n) is 3.50. The summed E-state index contributed by atoms with van der Waals surface area (Å²) in [4.78, 5) is 28.5. The highest BCUT2D eigenvalue weighted by Crippen LogP contribution is 2.27. The Labute approximate surface area is 155 Å². The first-order valence-electron chi connectivity index (χ1n) is 9.21. The van der Waals surface area contributed by atoms with Crippen LogP contribution in [0.15, 0.2) is 42.5 Å². The number of hydrogen-bond donors (Lipinski definition) is 0. The molecule has 1 aliphatic heterocycles. The normalized spacial score (nSPS) is 13.3. The van der Waals surface area contributed by atoms with E-state index in [2.05, 4.69) is 13.0 Å². The summed E-state index contributed by atoms with van der Waals surface area (Å²) in [7, 11) is 0. The number of nitrogens with zero attached hydrogens (tertiary/aromatic N) is 2. The zero-order chi connectivity index (χ0) is 18.7. The van der Waals surface area contributed by atoms with Gasteiger partial charge in [-0.3, -0.25) is 9.59 Å². The van der Waals surface area contributed by atoms with Gasteiger partial charge in [0.05, 0.1) is 0 Å². The standard InChI is InChI=1S/C22H26N2O2/c1-16-10-11-20(15-17(16)2)23(18(3)25)14-12-22(26)24-13-6-8-19-7-4-5-9-21(19)24/h4-5,7,9-11,15H,6,8,12-14H2,1-3H3. The first-order valence-corrected chi connectivity index (χ1v) is 9.21. The lowest BCUT2D eigenvalue weighted by Gasteiger charge is -2.30. The van der Waals surface area contributed by atoms with Crippen LogP contribution in [-0.4, -0.2) is 24.9 Å². The molecule has 0 N–H and O–H groups in total. The Morgan fingerprint density at radius 3 is 2.58 bits per heavy atom. The highest BCUT2D eigenvalue weighted by atomic mass is 16.2. The average molecular weight is 350 g/mol. The van der Waals surface area contributed by atoms with Crippen LogP contribution in [0, 0.1) is 13.8 Å². The highest BCUT2D eigenvalue weighted by molar-refractivity contribution is 5.97. The number of fused-ring (bicyclic) bond motifs is 1. The zero-order valence-corrected chi connectivity index (χ0v) is 15.8. The number of carbonyl (C=O) groups is 2. The molecule has 0 saturated carbocycles. The molecule has 0 radical (unpaired) electrons. The molecule has 0 aromatic heterocycles. The summed E-state index contributed by atoms with van der Waals surface area (Å²) in [5.41, 5.74) is 5.43. The first kappa shape index (κ1) is 18.2. The third-order valence-corrected chi connectivity index (χ3v) is 5.14. The van der Waals surface area contributed by atoms with Crippen molar-refractivity contribution in [1.29, 1.82) is 0 Å². The Bertz CT molecular complexity index is 829. The van der Waals surface area contributed by atoms with E-state index in [9.17, 15) is 9.59 Å². The fraction of sp³-hybridized carbons (Fsp3) is 0.364. The van der Waals surface area contributed by atoms with Gasteiger partial charge in [0.2, 0.25) is 11.8 Å². The van der Waals surface area contributed by atoms with Crippen molar-refractivity contribution in [3.05, 3.63) is 59.2 Å². The molecule has 2 aromatic rings. The SMILES string of the molecule is CC(=O)N(CCC(=O)N1CCCc2ccccc21)c1ccc(C)c(C)c1. The number of aryl methyl sites for hydroxylation is 3. The summed E-state index contributed by atoms with van der Waals surface area (Å²) in [5.74, 6) is 0.0346. The molecule has 4 heteroatoms. The Hall–Kier alpha value is -2.62. The van der Waals surface area contributed by atoms with Crippen molar-refractivity contribution < 1.29 is 9.59 Å². The lowest BCUT2D eigenvalue weighted by Crippen LogP contribution is -2.39. The van der Waals surface area contributed by atoms with Crippen LogP contribution in [-0.2, 0) is 16.0 Å². The molecule has 0 spiro atoms. The monoisotopic (exact) mass is 350 g/mol. The smallest absolute Gasteiger partial charge is 0.228 e. The molecule has 1 aliphatic rings. The molecule has 136 valence electrons. The van der Waals surface area contributed by atoms with Gasteiger partial charge in [0.15, 0.2) is 0 Å². The molecule has 26 heavy (non-hydrogen) atoms. The van der Waals surface area contributed by atoms with E-state index >= 15 is 0 Å². The molecule has 1 heterocycles. The summed E-state index contributed by atoms with van der Waals surface area (Å²) in [6.45, 7) is 6.78. The minimum absolute atomic E-state index is 0.0416. The second kappa shape index (κ2) is 7.73. The molecule has 0 aliphatic carbocycles. The molecular formula is C22H26N2O2. The summed E-state index contributed by atoms with van der Waals surface area (Å²) in [6.07, 6.45) is 2.32. The van der Waals surface area contributed by atoms with Crippen LogP contribution in [0.4, 0.5) is 11.4 Å². The summed E-state index contributed by atoms with van der Waals surface area (Å²) in [5, 5.41) is 0. The van der Waals surface area contributed by atoms with Gasteiger partial charge in [-0.25, -0.2) is 0 Å². The van der Waals surface area contributed by atoms with E-state index in [1.54, 1.807) is 11.8 Å². The molecule has 4 nitrogen and oxygen atoms in total. The van der Waals surface area contributed by atoms with E-state index in [0.29, 0.717) is 13.0 Å². The van der Waals surface area contributed by atoms with Crippen molar-refractivity contribution in [3.63, 3.8) is 0 Å². The Balaban J connectivity index is 1.73. The molecule has 0 atom stereocenters. The maximum atomic E-state index is 12.8. The van der Waals surface area contributed by atoms with Gasteiger partial charge in [0.1, 0.15) is 0 Å². The number of amides is 2. The predicted octanol–water partition coefficient (Wildman–Crippen LogP) is 4.03. The lowest BCUT2D eigenvalue weighted by atomic mass is 10.0. The van der Waals surface area contributed by atoms with Gasteiger partial charge in [-0.05, 0) is 61.6 Å². The van der Waals surface area contributed by atoms with Gasteiger partial charge in [0, 0.05) is 37.8 Å². The van der Waals surface area contributed by atoms with E-state index in [0.717, 1.165) is 36.3 Å². The van der Waals surface area contributed by atoms with Crippen LogP contribution in [0.3, 0.4) is 0 Å². The average Bonchev–Trinajstić information content (AvgIpc) is 2.63. The number of para-hydroxylation sites is 1. The molecule has 0 bridgehead atoms. The second-order valence-corrected chi connectivity index (χ2v) is 6.97. The van der Waals surface area contributed by atoms with Crippen molar-refractivity contribution in [1.82, 2.24) is 0 Å². The summed E-state index contributed by atoms with van der Waals surface area (Å²) < 4.78 is 0. The minimum atomic E-state index is -0.0416. The van der Waals surface area contributed by atoms with E-state index in [4.69, 9.17) is 0 Å². The molecule has 2 amide bonds. The van der Waals surface area contributed by atoms with Crippen LogP contribution in [0.25, 0.3) is 0 Å². The van der Waals surface area contributed by atoms with E-state index in [-0.39, 0.29) is 11.8 Å². The third-order valence-electron chi connectivity index (χ3n) is 5.14. The Morgan fingerprint density at radius 1 is 1.08 bits per heavy atom. The van der Waals surface area contributed by atoms with Crippen LogP contribution < -0.4 is 9.80 Å². The van der Waals surface area contributed by atoms with Crippen molar-refractivity contribution in [3.8, 4) is 0 Å². The van der Waals surface area contributed by atoms with Crippen LogP contribution >= 0.6 is 0 Å². The number of carbonyl (C=O) groups excluding carboxylic acids is 2. The third kappa shape index (κ3) is 3.79.